The van der Waals surface area contributed by atoms with E-state index in [9.17, 15) is 0 Å². The lowest BCUT2D eigenvalue weighted by Gasteiger charge is -2.19. The number of nitrogens with one attached hydrogen (secondary N) is 2. The first kappa shape index (κ1) is 21.5. The van der Waals surface area contributed by atoms with Gasteiger partial charge in [0.05, 0.1) is 6.21 Å². The quantitative estimate of drug-likeness (QED) is 0.384. The second-order valence-electron chi connectivity index (χ2n) is 6.82. The van der Waals surface area contributed by atoms with Gasteiger partial charge in [-0.2, -0.15) is 20.1 Å². The van der Waals surface area contributed by atoms with Gasteiger partial charge in [0.2, 0.25) is 17.8 Å². The van der Waals surface area contributed by atoms with E-state index in [0.29, 0.717) is 22.9 Å². The topological polar surface area (TPSA) is 78.3 Å². The van der Waals surface area contributed by atoms with Crippen LogP contribution in [0.25, 0.3) is 0 Å². The number of nitrogens with zero attached hydrogens (tertiary/aromatic N) is 5. The van der Waals surface area contributed by atoms with Crippen LogP contribution >= 0.6 is 11.6 Å². The zero-order valence-corrected chi connectivity index (χ0v) is 18.4. The Kier molecular flexibility index (Phi) is 7.19. The number of halogens is 1. The monoisotopic (exact) mass is 423 g/mol. The van der Waals surface area contributed by atoms with Crippen LogP contribution in [-0.2, 0) is 0 Å². The molecule has 0 unspecified atom stereocenters. The van der Waals surface area contributed by atoms with Crippen molar-refractivity contribution in [2.24, 2.45) is 5.10 Å². The first-order valence-corrected chi connectivity index (χ1v) is 10.3. The molecule has 1 aromatic heterocycles. The zero-order valence-electron chi connectivity index (χ0n) is 17.6. The highest BCUT2D eigenvalue weighted by molar-refractivity contribution is 6.30. The van der Waals surface area contributed by atoms with Crippen molar-refractivity contribution in [1.29, 1.82) is 0 Å². The first-order valence-electron chi connectivity index (χ1n) is 9.88. The van der Waals surface area contributed by atoms with Crippen LogP contribution in [0.15, 0.2) is 47.6 Å². The predicted octanol–water partition coefficient (Wildman–Crippen LogP) is 5.18. The number of hydrazone groups is 1. The van der Waals surface area contributed by atoms with E-state index in [4.69, 9.17) is 11.6 Å². The Morgan fingerprint density at radius 1 is 0.967 bits per heavy atom. The molecular formula is C22H26ClN7. The predicted molar refractivity (Wildman–Crippen MR) is 125 cm³/mol. The lowest BCUT2D eigenvalue weighted by molar-refractivity contribution is 0.814. The van der Waals surface area contributed by atoms with Gasteiger partial charge >= 0.3 is 0 Å². The van der Waals surface area contributed by atoms with Gasteiger partial charge in [0.25, 0.3) is 0 Å². The summed E-state index contributed by atoms with van der Waals surface area (Å²) in [6, 6.07) is 13.6. The molecule has 0 aliphatic carbocycles. The van der Waals surface area contributed by atoms with Crippen molar-refractivity contribution < 1.29 is 0 Å². The SMILES string of the molecule is CCN(CC)c1nc(N/N=C/c2ccc(Cl)cc2)nc(Nc2cc(C)ccc2C)n1. The summed E-state index contributed by atoms with van der Waals surface area (Å²) < 4.78 is 0. The molecule has 0 aliphatic rings. The summed E-state index contributed by atoms with van der Waals surface area (Å²) in [5, 5.41) is 8.26. The van der Waals surface area contributed by atoms with Crippen LogP contribution < -0.4 is 15.6 Å². The molecule has 0 fully saturated rings. The molecule has 0 saturated carbocycles. The zero-order chi connectivity index (χ0) is 21.5. The molecule has 0 saturated heterocycles. The molecule has 156 valence electrons. The van der Waals surface area contributed by atoms with Crippen molar-refractivity contribution in [3.05, 3.63) is 64.2 Å². The molecule has 3 aromatic rings. The van der Waals surface area contributed by atoms with E-state index >= 15 is 0 Å². The number of rotatable bonds is 8. The Balaban J connectivity index is 1.87. The summed E-state index contributed by atoms with van der Waals surface area (Å²) in [7, 11) is 0. The number of aromatic nitrogens is 3. The molecule has 8 heteroatoms. The van der Waals surface area contributed by atoms with Gasteiger partial charge in [0, 0.05) is 23.8 Å². The molecule has 7 nitrogen and oxygen atoms in total. The molecular weight excluding hydrogens is 398 g/mol. The Labute approximate surface area is 182 Å². The molecule has 0 spiro atoms. The minimum Gasteiger partial charge on any atom is -0.341 e. The fourth-order valence-corrected chi connectivity index (χ4v) is 2.95. The lowest BCUT2D eigenvalue weighted by Crippen LogP contribution is -2.25. The fourth-order valence-electron chi connectivity index (χ4n) is 2.82. The molecule has 0 aliphatic heterocycles. The van der Waals surface area contributed by atoms with Crippen molar-refractivity contribution in [2.45, 2.75) is 27.7 Å². The molecule has 3 rings (SSSR count). The van der Waals surface area contributed by atoms with E-state index in [1.165, 1.54) is 0 Å². The minimum atomic E-state index is 0.366. The standard InChI is InChI=1S/C22H26ClN7/c1-5-30(6-2)22-27-20(25-19-13-15(3)7-8-16(19)4)26-21(28-22)29-24-14-17-9-11-18(23)12-10-17/h7-14H,5-6H2,1-4H3,(H2,25,26,27,28,29)/b24-14+. The van der Waals surface area contributed by atoms with Gasteiger partial charge in [-0.25, -0.2) is 5.43 Å². The van der Waals surface area contributed by atoms with Gasteiger partial charge in [-0.1, -0.05) is 35.9 Å². The van der Waals surface area contributed by atoms with Crippen molar-refractivity contribution in [1.82, 2.24) is 15.0 Å². The van der Waals surface area contributed by atoms with Crippen molar-refractivity contribution >= 4 is 41.3 Å². The van der Waals surface area contributed by atoms with Gasteiger partial charge in [0.15, 0.2) is 0 Å². The third-order valence-electron chi connectivity index (χ3n) is 4.56. The van der Waals surface area contributed by atoms with E-state index < -0.39 is 0 Å². The third-order valence-corrected chi connectivity index (χ3v) is 4.81. The molecule has 0 amide bonds. The number of benzene rings is 2. The molecule has 30 heavy (non-hydrogen) atoms. The normalized spacial score (nSPS) is 11.0. The second kappa shape index (κ2) is 10.0. The average Bonchev–Trinajstić information content (AvgIpc) is 2.73. The first-order chi connectivity index (χ1) is 14.5. The van der Waals surface area contributed by atoms with Gasteiger partial charge < -0.3 is 10.2 Å². The summed E-state index contributed by atoms with van der Waals surface area (Å²) in [6.45, 7) is 9.81. The van der Waals surface area contributed by atoms with Crippen LogP contribution in [0.4, 0.5) is 23.5 Å². The van der Waals surface area contributed by atoms with Crippen molar-refractivity contribution in [2.75, 3.05) is 28.7 Å². The highest BCUT2D eigenvalue weighted by Gasteiger charge is 2.12. The van der Waals surface area contributed by atoms with Crippen LogP contribution in [0, 0.1) is 13.8 Å². The maximum atomic E-state index is 5.92. The molecule has 2 aromatic carbocycles. The Hall–Kier alpha value is -3.19. The summed E-state index contributed by atoms with van der Waals surface area (Å²) in [5.41, 5.74) is 7.06. The van der Waals surface area contributed by atoms with Crippen molar-refractivity contribution in [3.63, 3.8) is 0 Å². The van der Waals surface area contributed by atoms with Gasteiger partial charge in [0.1, 0.15) is 0 Å². The van der Waals surface area contributed by atoms with Crippen LogP contribution in [0.1, 0.15) is 30.5 Å². The average molecular weight is 424 g/mol. The number of hydrogen-bond acceptors (Lipinski definition) is 7. The van der Waals surface area contributed by atoms with Crippen LogP contribution in [-0.4, -0.2) is 34.3 Å². The maximum Gasteiger partial charge on any atom is 0.250 e. The summed E-state index contributed by atoms with van der Waals surface area (Å²) in [4.78, 5) is 15.7. The molecule has 2 N–H and O–H groups in total. The molecule has 0 radical (unpaired) electrons. The highest BCUT2D eigenvalue weighted by atomic mass is 35.5. The van der Waals surface area contributed by atoms with E-state index in [0.717, 1.165) is 35.5 Å². The lowest BCUT2D eigenvalue weighted by atomic mass is 10.1. The Morgan fingerprint density at radius 2 is 1.67 bits per heavy atom. The third kappa shape index (κ3) is 5.67. The Bertz CT molecular complexity index is 1010. The van der Waals surface area contributed by atoms with Crippen molar-refractivity contribution in [3.8, 4) is 0 Å². The van der Waals surface area contributed by atoms with Crippen LogP contribution in [0.3, 0.4) is 0 Å². The minimum absolute atomic E-state index is 0.366. The molecule has 1 heterocycles. The van der Waals surface area contributed by atoms with Gasteiger partial charge in [-0.15, -0.1) is 0 Å². The second-order valence-corrected chi connectivity index (χ2v) is 7.26. The maximum absolute atomic E-state index is 5.92. The fraction of sp³-hybridized carbons (Fsp3) is 0.273. The van der Waals surface area contributed by atoms with E-state index in [1.54, 1.807) is 6.21 Å². The van der Waals surface area contributed by atoms with E-state index in [-0.39, 0.29) is 0 Å². The van der Waals surface area contributed by atoms with Crippen LogP contribution in [0.2, 0.25) is 5.02 Å². The molecule has 0 atom stereocenters. The number of aryl methyl sites for hydroxylation is 2. The summed E-state index contributed by atoms with van der Waals surface area (Å²) >= 11 is 5.92. The number of anilines is 4. The highest BCUT2D eigenvalue weighted by Crippen LogP contribution is 2.22. The largest absolute Gasteiger partial charge is 0.341 e. The smallest absolute Gasteiger partial charge is 0.250 e. The summed E-state index contributed by atoms with van der Waals surface area (Å²) in [6.07, 6.45) is 1.69. The van der Waals surface area contributed by atoms with Gasteiger partial charge in [-0.3, -0.25) is 0 Å². The number of hydrogen-bond donors (Lipinski definition) is 2. The van der Waals surface area contributed by atoms with Crippen LogP contribution in [0.5, 0.6) is 0 Å². The van der Waals surface area contributed by atoms with Gasteiger partial charge in [-0.05, 0) is 62.6 Å². The molecule has 0 bridgehead atoms. The summed E-state index contributed by atoms with van der Waals surface area (Å²) in [5.74, 6) is 1.42. The Morgan fingerprint density at radius 3 is 2.37 bits per heavy atom. The van der Waals surface area contributed by atoms with E-state index in [1.807, 2.05) is 31.2 Å². The van der Waals surface area contributed by atoms with E-state index in [2.05, 4.69) is 74.7 Å².